The molecule has 0 aliphatic heterocycles. The van der Waals surface area contributed by atoms with E-state index in [-0.39, 0.29) is 11.6 Å². The van der Waals surface area contributed by atoms with E-state index in [1.807, 2.05) is 12.1 Å². The first-order chi connectivity index (χ1) is 15.0. The molecule has 0 spiro atoms. The monoisotopic (exact) mass is 437 g/mol. The number of hydrogen-bond acceptors (Lipinski definition) is 7. The molecule has 0 radical (unpaired) electrons. The largest absolute Gasteiger partial charge is 0.456 e. The lowest BCUT2D eigenvalue weighted by Crippen LogP contribution is -2.21. The summed E-state index contributed by atoms with van der Waals surface area (Å²) in [6.45, 7) is 1.31. The van der Waals surface area contributed by atoms with Gasteiger partial charge in [-0.3, -0.25) is 4.79 Å². The third-order valence-corrected chi connectivity index (χ3v) is 4.46. The average molecular weight is 438 g/mol. The van der Waals surface area contributed by atoms with Crippen LogP contribution in [0.3, 0.4) is 0 Å². The summed E-state index contributed by atoms with van der Waals surface area (Å²) >= 11 is 6.07. The molecular weight excluding hydrogens is 422 g/mol. The lowest BCUT2D eigenvalue weighted by Gasteiger charge is -2.09. The van der Waals surface area contributed by atoms with E-state index in [9.17, 15) is 9.59 Å². The van der Waals surface area contributed by atoms with Crippen LogP contribution in [0.25, 0.3) is 5.78 Å². The highest BCUT2D eigenvalue weighted by Gasteiger charge is 2.17. The predicted octanol–water partition coefficient (Wildman–Crippen LogP) is 3.67. The topological polar surface area (TPSA) is 108 Å². The third-order valence-electron chi connectivity index (χ3n) is 4.15. The molecule has 0 bridgehead atoms. The summed E-state index contributed by atoms with van der Waals surface area (Å²) in [4.78, 5) is 32.2. The van der Waals surface area contributed by atoms with Gasteiger partial charge in [0.05, 0.1) is 5.02 Å². The van der Waals surface area contributed by atoms with Crippen LogP contribution in [-0.2, 0) is 9.53 Å². The summed E-state index contributed by atoms with van der Waals surface area (Å²) in [7, 11) is 0. The molecule has 1 amide bonds. The zero-order valence-corrected chi connectivity index (χ0v) is 17.0. The van der Waals surface area contributed by atoms with Crippen LogP contribution in [0.2, 0.25) is 5.02 Å². The van der Waals surface area contributed by atoms with Gasteiger partial charge in [-0.05, 0) is 49.4 Å². The fraction of sp³-hybridized carbons (Fsp3) is 0.0952. The van der Waals surface area contributed by atoms with Crippen molar-refractivity contribution in [1.82, 2.24) is 19.6 Å². The Balaban J connectivity index is 1.31. The number of nitrogens with zero attached hydrogens (tertiary/aromatic N) is 4. The SMILES string of the molecule is Cc1ccnc2nc(C(=O)OCC(=O)Nc3ccc(Oc4ccccc4Cl)cc3)nn12. The van der Waals surface area contributed by atoms with Gasteiger partial charge in [0.2, 0.25) is 0 Å². The molecule has 0 aliphatic rings. The van der Waals surface area contributed by atoms with Gasteiger partial charge in [0.1, 0.15) is 11.5 Å². The molecule has 10 heteroatoms. The van der Waals surface area contributed by atoms with Gasteiger partial charge in [0, 0.05) is 17.6 Å². The van der Waals surface area contributed by atoms with E-state index in [2.05, 4.69) is 20.4 Å². The van der Waals surface area contributed by atoms with Crippen molar-refractivity contribution in [2.45, 2.75) is 6.92 Å². The first-order valence-electron chi connectivity index (χ1n) is 9.17. The first-order valence-corrected chi connectivity index (χ1v) is 9.55. The van der Waals surface area contributed by atoms with E-state index in [0.29, 0.717) is 22.2 Å². The van der Waals surface area contributed by atoms with Gasteiger partial charge < -0.3 is 14.8 Å². The number of para-hydroxylation sites is 1. The van der Waals surface area contributed by atoms with Crippen LogP contribution in [0, 0.1) is 6.92 Å². The smallest absolute Gasteiger partial charge is 0.378 e. The summed E-state index contributed by atoms with van der Waals surface area (Å²) in [5, 5.41) is 7.16. The van der Waals surface area contributed by atoms with Crippen LogP contribution in [0.15, 0.2) is 60.8 Å². The minimum atomic E-state index is -0.816. The van der Waals surface area contributed by atoms with E-state index < -0.39 is 18.5 Å². The third kappa shape index (κ3) is 4.78. The van der Waals surface area contributed by atoms with Crippen molar-refractivity contribution in [3.8, 4) is 11.5 Å². The number of nitrogens with one attached hydrogen (secondary N) is 1. The van der Waals surface area contributed by atoms with Crippen molar-refractivity contribution in [2.75, 3.05) is 11.9 Å². The Morgan fingerprint density at radius 3 is 2.61 bits per heavy atom. The predicted molar refractivity (Wildman–Crippen MR) is 112 cm³/mol. The molecule has 0 fully saturated rings. The maximum atomic E-state index is 12.1. The highest BCUT2D eigenvalue weighted by atomic mass is 35.5. The Hall–Kier alpha value is -3.98. The van der Waals surface area contributed by atoms with Gasteiger partial charge in [-0.25, -0.2) is 14.3 Å². The summed E-state index contributed by atoms with van der Waals surface area (Å²) in [6, 6.07) is 15.5. The van der Waals surface area contributed by atoms with Crippen LogP contribution < -0.4 is 10.1 Å². The number of esters is 1. The number of amides is 1. The summed E-state index contributed by atoms with van der Waals surface area (Å²) in [5.41, 5.74) is 1.27. The number of anilines is 1. The molecule has 31 heavy (non-hydrogen) atoms. The lowest BCUT2D eigenvalue weighted by molar-refractivity contribution is -0.119. The second kappa shape index (κ2) is 8.80. The van der Waals surface area contributed by atoms with E-state index in [1.165, 1.54) is 4.52 Å². The second-order valence-electron chi connectivity index (χ2n) is 6.41. The van der Waals surface area contributed by atoms with E-state index in [4.69, 9.17) is 21.1 Å². The van der Waals surface area contributed by atoms with Crippen LogP contribution in [0.4, 0.5) is 5.69 Å². The number of carbonyl (C=O) groups is 2. The van der Waals surface area contributed by atoms with Gasteiger partial charge in [-0.2, -0.15) is 4.98 Å². The zero-order valence-electron chi connectivity index (χ0n) is 16.3. The first kappa shape index (κ1) is 20.3. The van der Waals surface area contributed by atoms with Crippen molar-refractivity contribution in [2.24, 2.45) is 0 Å². The van der Waals surface area contributed by atoms with Crippen molar-refractivity contribution < 1.29 is 19.1 Å². The Labute approximate surface area is 181 Å². The molecule has 1 N–H and O–H groups in total. The highest BCUT2D eigenvalue weighted by Crippen LogP contribution is 2.29. The molecule has 2 aromatic carbocycles. The highest BCUT2D eigenvalue weighted by molar-refractivity contribution is 6.32. The normalized spacial score (nSPS) is 10.6. The van der Waals surface area contributed by atoms with Gasteiger partial charge in [0.25, 0.3) is 17.5 Å². The number of rotatable bonds is 6. The molecule has 0 saturated heterocycles. The molecular formula is C21H16ClN5O4. The summed E-state index contributed by atoms with van der Waals surface area (Å²) in [6.07, 6.45) is 1.56. The Bertz CT molecular complexity index is 1260. The zero-order chi connectivity index (χ0) is 21.8. The number of fused-ring (bicyclic) bond motifs is 1. The fourth-order valence-corrected chi connectivity index (χ4v) is 2.82. The molecule has 0 unspecified atom stereocenters. The molecule has 4 rings (SSSR count). The number of hydrogen-bond donors (Lipinski definition) is 1. The fourth-order valence-electron chi connectivity index (χ4n) is 2.65. The molecule has 2 heterocycles. The molecule has 156 valence electrons. The van der Waals surface area contributed by atoms with Crippen LogP contribution in [0.1, 0.15) is 16.3 Å². The molecule has 0 aliphatic carbocycles. The van der Waals surface area contributed by atoms with Gasteiger partial charge in [0.15, 0.2) is 6.61 Å². The van der Waals surface area contributed by atoms with Crippen molar-refractivity contribution in [3.05, 3.63) is 77.3 Å². The Kier molecular flexibility index (Phi) is 5.76. The van der Waals surface area contributed by atoms with Crippen LogP contribution in [0.5, 0.6) is 11.5 Å². The number of benzene rings is 2. The van der Waals surface area contributed by atoms with Gasteiger partial charge in [-0.1, -0.05) is 23.7 Å². The average Bonchev–Trinajstić information content (AvgIpc) is 3.21. The van der Waals surface area contributed by atoms with Crippen molar-refractivity contribution in [1.29, 1.82) is 0 Å². The molecule has 4 aromatic rings. The molecule has 0 saturated carbocycles. The van der Waals surface area contributed by atoms with Crippen LogP contribution in [-0.4, -0.2) is 38.1 Å². The quantitative estimate of drug-likeness (QED) is 0.458. The molecule has 0 atom stereocenters. The lowest BCUT2D eigenvalue weighted by atomic mass is 10.3. The van der Waals surface area contributed by atoms with Gasteiger partial charge in [-0.15, -0.1) is 5.10 Å². The van der Waals surface area contributed by atoms with E-state index in [1.54, 1.807) is 55.6 Å². The Morgan fingerprint density at radius 1 is 1.10 bits per heavy atom. The molecule has 9 nitrogen and oxygen atoms in total. The summed E-state index contributed by atoms with van der Waals surface area (Å²) < 4.78 is 12.1. The number of halogens is 1. The minimum absolute atomic E-state index is 0.171. The van der Waals surface area contributed by atoms with E-state index in [0.717, 1.165) is 5.69 Å². The van der Waals surface area contributed by atoms with Crippen molar-refractivity contribution >= 4 is 34.9 Å². The van der Waals surface area contributed by atoms with Crippen LogP contribution >= 0.6 is 11.6 Å². The van der Waals surface area contributed by atoms with Gasteiger partial charge >= 0.3 is 5.97 Å². The van der Waals surface area contributed by atoms with Crippen molar-refractivity contribution in [3.63, 3.8) is 0 Å². The maximum absolute atomic E-state index is 12.1. The second-order valence-corrected chi connectivity index (χ2v) is 6.82. The molecule has 2 aromatic heterocycles. The minimum Gasteiger partial charge on any atom is -0.456 e. The number of carbonyl (C=O) groups excluding carboxylic acids is 2. The maximum Gasteiger partial charge on any atom is 0.378 e. The Morgan fingerprint density at radius 2 is 1.87 bits per heavy atom. The van der Waals surface area contributed by atoms with E-state index >= 15 is 0 Å². The standard InChI is InChI=1S/C21H16ClN5O4/c1-13-10-11-23-21-25-19(26-27(13)21)20(29)30-12-18(28)24-14-6-8-15(9-7-14)31-17-5-3-2-4-16(17)22/h2-11H,12H2,1H3,(H,24,28). The number of ether oxygens (including phenoxy) is 2. The summed E-state index contributed by atoms with van der Waals surface area (Å²) in [5.74, 6) is -0.140. The number of aromatic nitrogens is 4. The number of aryl methyl sites for hydroxylation is 1.